The summed E-state index contributed by atoms with van der Waals surface area (Å²) in [5, 5.41) is 3.23. The fraction of sp³-hybridized carbons (Fsp3) is 0.250. The second-order valence-corrected chi connectivity index (χ2v) is 5.78. The van der Waals surface area contributed by atoms with Crippen molar-refractivity contribution in [2.45, 2.75) is 13.8 Å². The maximum Gasteiger partial charge on any atom is 0.140 e. The van der Waals surface area contributed by atoms with Crippen LogP contribution in [0.5, 0.6) is 0 Å². The molecule has 0 aliphatic heterocycles. The van der Waals surface area contributed by atoms with E-state index in [0.717, 1.165) is 28.7 Å². The molecule has 0 saturated heterocycles. The first-order chi connectivity index (χ1) is 12.7. The third-order valence-corrected chi connectivity index (χ3v) is 3.71. The van der Waals surface area contributed by atoms with Crippen LogP contribution in [-0.2, 0) is 4.74 Å². The molecule has 0 saturated carbocycles. The Hall–Kier alpha value is -3.17. The molecule has 0 amide bonds. The van der Waals surface area contributed by atoms with Crippen LogP contribution in [0, 0.1) is 25.7 Å². The third kappa shape index (κ3) is 4.47. The zero-order chi connectivity index (χ0) is 18.4. The Morgan fingerprint density at radius 1 is 1.15 bits per heavy atom. The lowest BCUT2D eigenvalue weighted by molar-refractivity contribution is 0.210. The predicted molar refractivity (Wildman–Crippen MR) is 101 cm³/mol. The van der Waals surface area contributed by atoms with Crippen LogP contribution in [0.25, 0.3) is 5.82 Å². The Balaban J connectivity index is 1.81. The number of imidazole rings is 1. The lowest BCUT2D eigenvalue weighted by Crippen LogP contribution is -2.09. The number of rotatable bonds is 5. The van der Waals surface area contributed by atoms with E-state index in [1.165, 1.54) is 0 Å². The van der Waals surface area contributed by atoms with Crippen LogP contribution in [-0.4, -0.2) is 39.8 Å². The molecule has 0 bridgehead atoms. The number of pyridine rings is 2. The van der Waals surface area contributed by atoms with Gasteiger partial charge in [0.1, 0.15) is 23.2 Å². The van der Waals surface area contributed by atoms with Gasteiger partial charge in [-0.25, -0.2) is 9.97 Å². The summed E-state index contributed by atoms with van der Waals surface area (Å²) < 4.78 is 6.98. The Kier molecular flexibility index (Phi) is 5.62. The van der Waals surface area contributed by atoms with Crippen LogP contribution in [0.4, 0.5) is 5.82 Å². The number of nitrogens with one attached hydrogen (secondary N) is 1. The summed E-state index contributed by atoms with van der Waals surface area (Å²) in [5.74, 6) is 8.66. The largest absolute Gasteiger partial charge is 0.383 e. The van der Waals surface area contributed by atoms with Crippen molar-refractivity contribution < 1.29 is 4.74 Å². The normalized spacial score (nSPS) is 10.3. The van der Waals surface area contributed by atoms with Gasteiger partial charge in [0.25, 0.3) is 0 Å². The van der Waals surface area contributed by atoms with E-state index in [1.54, 1.807) is 13.3 Å². The van der Waals surface area contributed by atoms with Crippen LogP contribution in [0.1, 0.15) is 22.8 Å². The fourth-order valence-corrected chi connectivity index (χ4v) is 2.46. The standard InChI is InChI=1S/C20H21N5O/c1-15-13-17(9-10-21-15)7-8-18-14-25(16(2)23-18)20-6-4-5-19(24-20)22-11-12-26-3/h4-6,9-10,13-14H,11-12H2,1-3H3,(H,22,24). The van der Waals surface area contributed by atoms with Gasteiger partial charge in [0.05, 0.1) is 6.61 Å². The Labute approximate surface area is 153 Å². The molecular formula is C20H21N5O. The van der Waals surface area contributed by atoms with E-state index in [4.69, 9.17) is 4.74 Å². The second-order valence-electron chi connectivity index (χ2n) is 5.78. The molecule has 6 nitrogen and oxygen atoms in total. The van der Waals surface area contributed by atoms with E-state index in [1.807, 2.05) is 54.9 Å². The Bertz CT molecular complexity index is 952. The SMILES string of the molecule is COCCNc1cccc(-n2cc(C#Cc3ccnc(C)c3)nc2C)n1. The first-order valence-corrected chi connectivity index (χ1v) is 8.36. The van der Waals surface area contributed by atoms with Gasteiger partial charge in [-0.2, -0.15) is 0 Å². The number of hydrogen-bond acceptors (Lipinski definition) is 5. The Morgan fingerprint density at radius 2 is 2.04 bits per heavy atom. The van der Waals surface area contributed by atoms with Crippen LogP contribution < -0.4 is 5.32 Å². The third-order valence-electron chi connectivity index (χ3n) is 3.71. The fourth-order valence-electron chi connectivity index (χ4n) is 2.46. The van der Waals surface area contributed by atoms with Crippen molar-refractivity contribution >= 4 is 5.82 Å². The molecule has 0 aliphatic carbocycles. The molecule has 3 aromatic rings. The average Bonchev–Trinajstić information content (AvgIpc) is 3.01. The molecular weight excluding hydrogens is 326 g/mol. The predicted octanol–water partition coefficient (Wildman–Crippen LogP) is 2.74. The van der Waals surface area contributed by atoms with Gasteiger partial charge in [0, 0.05) is 37.3 Å². The van der Waals surface area contributed by atoms with Crippen LogP contribution in [0.2, 0.25) is 0 Å². The smallest absolute Gasteiger partial charge is 0.140 e. The lowest BCUT2D eigenvalue weighted by atomic mass is 10.2. The van der Waals surface area contributed by atoms with Gasteiger partial charge in [-0.15, -0.1) is 0 Å². The van der Waals surface area contributed by atoms with Gasteiger partial charge in [-0.3, -0.25) is 9.55 Å². The number of anilines is 1. The van der Waals surface area contributed by atoms with E-state index in [-0.39, 0.29) is 0 Å². The highest BCUT2D eigenvalue weighted by molar-refractivity contribution is 5.43. The summed E-state index contributed by atoms with van der Waals surface area (Å²) in [4.78, 5) is 13.3. The monoisotopic (exact) mass is 347 g/mol. The lowest BCUT2D eigenvalue weighted by Gasteiger charge is -2.08. The molecule has 0 radical (unpaired) electrons. The van der Waals surface area contributed by atoms with Gasteiger partial charge >= 0.3 is 0 Å². The van der Waals surface area contributed by atoms with Crippen molar-refractivity contribution in [1.82, 2.24) is 19.5 Å². The summed E-state index contributed by atoms with van der Waals surface area (Å²) in [5.41, 5.74) is 2.57. The number of methoxy groups -OCH3 is 1. The summed E-state index contributed by atoms with van der Waals surface area (Å²) in [6, 6.07) is 9.67. The number of aromatic nitrogens is 4. The van der Waals surface area contributed by atoms with Crippen molar-refractivity contribution in [3.8, 4) is 17.7 Å². The summed E-state index contributed by atoms with van der Waals surface area (Å²) in [7, 11) is 1.68. The molecule has 0 aliphatic rings. The minimum Gasteiger partial charge on any atom is -0.383 e. The number of aryl methyl sites for hydroxylation is 2. The van der Waals surface area contributed by atoms with Crippen LogP contribution in [0.15, 0.2) is 42.7 Å². The average molecular weight is 347 g/mol. The topological polar surface area (TPSA) is 64.9 Å². The maximum absolute atomic E-state index is 5.05. The van der Waals surface area contributed by atoms with Gasteiger partial charge < -0.3 is 10.1 Å². The molecule has 0 fully saturated rings. The van der Waals surface area contributed by atoms with Crippen molar-refractivity contribution in [1.29, 1.82) is 0 Å². The molecule has 0 spiro atoms. The number of nitrogens with zero attached hydrogens (tertiary/aromatic N) is 4. The molecule has 0 aromatic carbocycles. The highest BCUT2D eigenvalue weighted by Gasteiger charge is 2.06. The summed E-state index contributed by atoms with van der Waals surface area (Å²) in [6.07, 6.45) is 3.66. The van der Waals surface area contributed by atoms with Crippen molar-refractivity contribution in [3.05, 3.63) is 65.5 Å². The molecule has 3 heterocycles. The summed E-state index contributed by atoms with van der Waals surface area (Å²) >= 11 is 0. The molecule has 132 valence electrons. The molecule has 0 atom stereocenters. The number of ether oxygens (including phenoxy) is 1. The molecule has 0 unspecified atom stereocenters. The summed E-state index contributed by atoms with van der Waals surface area (Å²) in [6.45, 7) is 5.22. The quantitative estimate of drug-likeness (QED) is 0.568. The molecule has 6 heteroatoms. The van der Waals surface area contributed by atoms with Crippen molar-refractivity contribution in [2.24, 2.45) is 0 Å². The van der Waals surface area contributed by atoms with Gasteiger partial charge in [-0.05, 0) is 44.0 Å². The zero-order valence-electron chi connectivity index (χ0n) is 15.2. The van der Waals surface area contributed by atoms with Gasteiger partial charge in [0.2, 0.25) is 0 Å². The zero-order valence-corrected chi connectivity index (χ0v) is 15.2. The first kappa shape index (κ1) is 17.6. The molecule has 26 heavy (non-hydrogen) atoms. The Morgan fingerprint density at radius 3 is 2.85 bits per heavy atom. The van der Waals surface area contributed by atoms with E-state index in [9.17, 15) is 0 Å². The molecule has 3 rings (SSSR count). The highest BCUT2D eigenvalue weighted by Crippen LogP contribution is 2.13. The van der Waals surface area contributed by atoms with Crippen molar-refractivity contribution in [2.75, 3.05) is 25.6 Å². The maximum atomic E-state index is 5.05. The highest BCUT2D eigenvalue weighted by atomic mass is 16.5. The van der Waals surface area contributed by atoms with Gasteiger partial charge in [-0.1, -0.05) is 12.0 Å². The number of hydrogen-bond donors (Lipinski definition) is 1. The van der Waals surface area contributed by atoms with E-state index < -0.39 is 0 Å². The van der Waals surface area contributed by atoms with Crippen LogP contribution in [0.3, 0.4) is 0 Å². The minimum absolute atomic E-state index is 0.629. The molecule has 3 aromatic heterocycles. The van der Waals surface area contributed by atoms with Crippen molar-refractivity contribution in [3.63, 3.8) is 0 Å². The van der Waals surface area contributed by atoms with Gasteiger partial charge in [0.15, 0.2) is 0 Å². The van der Waals surface area contributed by atoms with E-state index in [2.05, 4.69) is 32.1 Å². The van der Waals surface area contributed by atoms with E-state index >= 15 is 0 Å². The first-order valence-electron chi connectivity index (χ1n) is 8.36. The minimum atomic E-state index is 0.629. The van der Waals surface area contributed by atoms with Crippen LogP contribution >= 0.6 is 0 Å². The molecule has 1 N–H and O–H groups in total. The van der Waals surface area contributed by atoms with E-state index in [0.29, 0.717) is 18.8 Å². The second kappa shape index (κ2) is 8.28.